The fourth-order valence-electron chi connectivity index (χ4n) is 1.83. The van der Waals surface area contributed by atoms with Crippen LogP contribution in [0.1, 0.15) is 23.9 Å². The summed E-state index contributed by atoms with van der Waals surface area (Å²) in [5.74, 6) is 0. The Hall–Kier alpha value is -1.58. The van der Waals surface area contributed by atoms with E-state index in [4.69, 9.17) is 0 Å². The third-order valence-corrected chi connectivity index (χ3v) is 2.52. The van der Waals surface area contributed by atoms with Crippen molar-refractivity contribution < 1.29 is 0 Å². The van der Waals surface area contributed by atoms with E-state index in [0.29, 0.717) is 0 Å². The van der Waals surface area contributed by atoms with E-state index in [1.54, 1.807) is 12.7 Å². The molecule has 0 radical (unpaired) electrons. The third-order valence-electron chi connectivity index (χ3n) is 2.52. The molecule has 4 heteroatoms. The van der Waals surface area contributed by atoms with E-state index < -0.39 is 0 Å². The fraction of sp³-hybridized carbons (Fsp3) is 0.400. The van der Waals surface area contributed by atoms with Crippen LogP contribution in [0.4, 0.5) is 0 Å². The van der Waals surface area contributed by atoms with Crippen LogP contribution in [-0.4, -0.2) is 19.5 Å². The molecule has 2 rings (SSSR count). The maximum atomic E-state index is 3.81. The number of rotatable bonds is 2. The van der Waals surface area contributed by atoms with Gasteiger partial charge >= 0.3 is 0 Å². The Bertz CT molecular complexity index is 425. The molecule has 0 atom stereocenters. The van der Waals surface area contributed by atoms with Gasteiger partial charge in [0.1, 0.15) is 12.7 Å². The Kier molecular flexibility index (Phi) is 2.11. The van der Waals surface area contributed by atoms with E-state index in [0.717, 1.165) is 6.42 Å². The summed E-state index contributed by atoms with van der Waals surface area (Å²) in [4.78, 5) is 0. The quantitative estimate of drug-likeness (QED) is 0.720. The zero-order valence-electron chi connectivity index (χ0n) is 8.73. The predicted octanol–water partition coefficient (Wildman–Crippen LogP) is 1.57. The van der Waals surface area contributed by atoms with Crippen LogP contribution in [0.2, 0.25) is 0 Å². The first-order valence-electron chi connectivity index (χ1n) is 4.77. The summed E-state index contributed by atoms with van der Waals surface area (Å²) in [5, 5.41) is 7.62. The van der Waals surface area contributed by atoms with Crippen molar-refractivity contribution in [3.8, 4) is 0 Å². The molecule has 2 heterocycles. The topological polar surface area (TPSA) is 35.6 Å². The smallest absolute Gasteiger partial charge is 0.139 e. The van der Waals surface area contributed by atoms with Crippen LogP contribution >= 0.6 is 0 Å². The lowest BCUT2D eigenvalue weighted by atomic mass is 10.2. The Morgan fingerprint density at radius 1 is 1.21 bits per heavy atom. The summed E-state index contributed by atoms with van der Waals surface area (Å²) in [6.45, 7) is 6.37. The molecular weight excluding hydrogens is 176 g/mol. The van der Waals surface area contributed by atoms with Crippen molar-refractivity contribution in [3.05, 3.63) is 35.7 Å². The zero-order valence-corrected chi connectivity index (χ0v) is 8.73. The van der Waals surface area contributed by atoms with Crippen molar-refractivity contribution in [2.75, 3.05) is 0 Å². The van der Waals surface area contributed by atoms with Gasteiger partial charge in [-0.25, -0.2) is 4.68 Å². The average molecular weight is 190 g/mol. The second-order valence-electron chi connectivity index (χ2n) is 3.40. The standard InChI is InChI=1S/C10H14N4/c1-4-10-5-8(2)14(9(10)3)13-6-11-12-7-13/h5-7H,4H2,1-3H3. The maximum absolute atomic E-state index is 3.81. The number of aryl methyl sites for hydroxylation is 2. The van der Waals surface area contributed by atoms with Crippen LogP contribution in [0.15, 0.2) is 18.7 Å². The molecule has 0 aromatic carbocycles. The largest absolute Gasteiger partial charge is 0.256 e. The van der Waals surface area contributed by atoms with Crippen LogP contribution in [0, 0.1) is 13.8 Å². The minimum Gasteiger partial charge on any atom is -0.256 e. The van der Waals surface area contributed by atoms with Crippen molar-refractivity contribution in [2.45, 2.75) is 27.2 Å². The second-order valence-corrected chi connectivity index (χ2v) is 3.40. The van der Waals surface area contributed by atoms with Gasteiger partial charge in [-0.3, -0.25) is 4.68 Å². The lowest BCUT2D eigenvalue weighted by Gasteiger charge is -2.08. The van der Waals surface area contributed by atoms with Gasteiger partial charge in [0.2, 0.25) is 0 Å². The molecule has 0 bridgehead atoms. The summed E-state index contributed by atoms with van der Waals surface area (Å²) >= 11 is 0. The Balaban J connectivity index is 2.58. The normalized spacial score (nSPS) is 10.8. The highest BCUT2D eigenvalue weighted by molar-refractivity contribution is 5.26. The van der Waals surface area contributed by atoms with Gasteiger partial charge in [-0.2, -0.15) is 0 Å². The molecular formula is C10H14N4. The number of hydrogen-bond donors (Lipinski definition) is 0. The van der Waals surface area contributed by atoms with Gasteiger partial charge in [-0.05, 0) is 31.9 Å². The van der Waals surface area contributed by atoms with Crippen LogP contribution < -0.4 is 0 Å². The van der Waals surface area contributed by atoms with Gasteiger partial charge in [-0.15, -0.1) is 10.2 Å². The van der Waals surface area contributed by atoms with Gasteiger partial charge in [-0.1, -0.05) is 6.92 Å². The molecule has 74 valence electrons. The van der Waals surface area contributed by atoms with Gasteiger partial charge < -0.3 is 0 Å². The molecule has 0 amide bonds. The molecule has 0 N–H and O–H groups in total. The van der Waals surface area contributed by atoms with Crippen molar-refractivity contribution in [2.24, 2.45) is 0 Å². The summed E-state index contributed by atoms with van der Waals surface area (Å²) in [6.07, 6.45) is 4.47. The molecule has 0 aliphatic heterocycles. The van der Waals surface area contributed by atoms with Gasteiger partial charge in [0.05, 0.1) is 0 Å². The van der Waals surface area contributed by atoms with E-state index in [1.165, 1.54) is 17.0 Å². The van der Waals surface area contributed by atoms with E-state index >= 15 is 0 Å². The first-order valence-corrected chi connectivity index (χ1v) is 4.77. The van der Waals surface area contributed by atoms with Gasteiger partial charge in [0, 0.05) is 11.4 Å². The summed E-state index contributed by atoms with van der Waals surface area (Å²) < 4.78 is 4.00. The molecule has 0 spiro atoms. The average Bonchev–Trinajstić information content (AvgIpc) is 2.74. The molecule has 0 aliphatic carbocycles. The number of aromatic nitrogens is 4. The first kappa shape index (κ1) is 8.99. The van der Waals surface area contributed by atoms with Crippen molar-refractivity contribution in [3.63, 3.8) is 0 Å². The zero-order chi connectivity index (χ0) is 10.1. The van der Waals surface area contributed by atoms with E-state index in [-0.39, 0.29) is 0 Å². The van der Waals surface area contributed by atoms with Crippen LogP contribution in [0.25, 0.3) is 0 Å². The minimum atomic E-state index is 1.06. The van der Waals surface area contributed by atoms with Crippen molar-refractivity contribution in [1.82, 2.24) is 19.5 Å². The molecule has 2 aromatic rings. The van der Waals surface area contributed by atoms with Crippen molar-refractivity contribution in [1.29, 1.82) is 0 Å². The monoisotopic (exact) mass is 190 g/mol. The molecule has 2 aromatic heterocycles. The van der Waals surface area contributed by atoms with Gasteiger partial charge in [0.15, 0.2) is 0 Å². The predicted molar refractivity (Wildman–Crippen MR) is 54.1 cm³/mol. The maximum Gasteiger partial charge on any atom is 0.139 e. The molecule has 14 heavy (non-hydrogen) atoms. The Labute approximate surface area is 83.2 Å². The highest BCUT2D eigenvalue weighted by atomic mass is 15.5. The molecule has 0 unspecified atom stereocenters. The molecule has 0 saturated carbocycles. The SMILES string of the molecule is CCc1cc(C)n(-n2cnnc2)c1C. The summed E-state index contributed by atoms with van der Waals surface area (Å²) in [5.41, 5.74) is 3.83. The summed E-state index contributed by atoms with van der Waals surface area (Å²) in [6, 6.07) is 2.20. The number of hydrogen-bond acceptors (Lipinski definition) is 2. The van der Waals surface area contributed by atoms with E-state index in [2.05, 4.69) is 41.7 Å². The van der Waals surface area contributed by atoms with Crippen molar-refractivity contribution >= 4 is 0 Å². The molecule has 0 aliphatic rings. The highest BCUT2D eigenvalue weighted by Crippen LogP contribution is 2.15. The van der Waals surface area contributed by atoms with Gasteiger partial charge in [0.25, 0.3) is 0 Å². The Morgan fingerprint density at radius 3 is 2.36 bits per heavy atom. The fourth-order valence-corrected chi connectivity index (χ4v) is 1.83. The number of nitrogens with zero attached hydrogens (tertiary/aromatic N) is 4. The Morgan fingerprint density at radius 2 is 1.86 bits per heavy atom. The minimum absolute atomic E-state index is 1.06. The molecule has 4 nitrogen and oxygen atoms in total. The van der Waals surface area contributed by atoms with Crippen LogP contribution in [0.5, 0.6) is 0 Å². The second kappa shape index (κ2) is 3.29. The molecule has 0 saturated heterocycles. The lowest BCUT2D eigenvalue weighted by molar-refractivity contribution is 0.619. The first-order chi connectivity index (χ1) is 6.74. The van der Waals surface area contributed by atoms with Crippen LogP contribution in [0.3, 0.4) is 0 Å². The molecule has 0 fully saturated rings. The van der Waals surface area contributed by atoms with Crippen LogP contribution in [-0.2, 0) is 6.42 Å². The highest BCUT2D eigenvalue weighted by Gasteiger charge is 2.08. The third kappa shape index (κ3) is 1.23. The summed E-state index contributed by atoms with van der Waals surface area (Å²) in [7, 11) is 0. The lowest BCUT2D eigenvalue weighted by Crippen LogP contribution is -2.10. The van der Waals surface area contributed by atoms with E-state index in [1.807, 2.05) is 4.68 Å². The van der Waals surface area contributed by atoms with E-state index in [9.17, 15) is 0 Å².